The summed E-state index contributed by atoms with van der Waals surface area (Å²) in [4.78, 5) is 0. The van der Waals surface area contributed by atoms with Gasteiger partial charge in [-0.2, -0.15) is 0 Å². The summed E-state index contributed by atoms with van der Waals surface area (Å²) in [6.45, 7) is 5.45. The number of rotatable bonds is 4. The molecule has 0 radical (unpaired) electrons. The van der Waals surface area contributed by atoms with Gasteiger partial charge in [0.05, 0.1) is 0 Å². The lowest BCUT2D eigenvalue weighted by atomic mass is 10.2. The summed E-state index contributed by atoms with van der Waals surface area (Å²) in [6.07, 6.45) is 0.0814. The lowest BCUT2D eigenvalue weighted by Gasteiger charge is -2.05. The van der Waals surface area contributed by atoms with Crippen LogP contribution in [0.4, 0.5) is 8.78 Å². The van der Waals surface area contributed by atoms with Gasteiger partial charge in [0.15, 0.2) is 0 Å². The molecule has 1 unspecified atom stereocenters. The summed E-state index contributed by atoms with van der Waals surface area (Å²) < 4.78 is 24.6. The van der Waals surface area contributed by atoms with Crippen LogP contribution in [0, 0.1) is 11.8 Å². The molecule has 1 N–H and O–H groups in total. The second kappa shape index (κ2) is 3.05. The van der Waals surface area contributed by atoms with Crippen molar-refractivity contribution in [3.63, 3.8) is 0 Å². The van der Waals surface area contributed by atoms with Crippen LogP contribution in [0.5, 0.6) is 0 Å². The van der Waals surface area contributed by atoms with Crippen LogP contribution in [-0.4, -0.2) is 19.0 Å². The Morgan fingerprint density at radius 1 is 1.55 bits per heavy atom. The third kappa shape index (κ3) is 2.73. The van der Waals surface area contributed by atoms with E-state index in [2.05, 4.69) is 19.2 Å². The van der Waals surface area contributed by atoms with Gasteiger partial charge in [-0.25, -0.2) is 8.78 Å². The van der Waals surface area contributed by atoms with E-state index in [0.717, 1.165) is 6.54 Å². The van der Waals surface area contributed by atoms with Gasteiger partial charge in [0.25, 0.3) is 5.92 Å². The van der Waals surface area contributed by atoms with Crippen LogP contribution in [0.1, 0.15) is 20.3 Å². The average molecular weight is 163 g/mol. The first-order valence-corrected chi connectivity index (χ1v) is 4.11. The maximum atomic E-state index is 12.3. The van der Waals surface area contributed by atoms with E-state index in [0.29, 0.717) is 12.5 Å². The van der Waals surface area contributed by atoms with Crippen molar-refractivity contribution >= 4 is 0 Å². The highest BCUT2D eigenvalue weighted by atomic mass is 19.3. The normalized spacial score (nSPS) is 27.5. The van der Waals surface area contributed by atoms with E-state index < -0.39 is 5.92 Å². The minimum atomic E-state index is -2.36. The molecular weight excluding hydrogens is 148 g/mol. The van der Waals surface area contributed by atoms with Crippen molar-refractivity contribution in [1.29, 1.82) is 0 Å². The van der Waals surface area contributed by atoms with E-state index in [-0.39, 0.29) is 12.3 Å². The summed E-state index contributed by atoms with van der Waals surface area (Å²) in [5.41, 5.74) is 0. The molecule has 0 bridgehead atoms. The summed E-state index contributed by atoms with van der Waals surface area (Å²) in [7, 11) is 0. The monoisotopic (exact) mass is 163 g/mol. The number of nitrogens with one attached hydrogen (secondary N) is 1. The van der Waals surface area contributed by atoms with E-state index in [9.17, 15) is 8.78 Å². The maximum Gasteiger partial charge on any atom is 0.252 e. The van der Waals surface area contributed by atoms with Crippen molar-refractivity contribution in [2.24, 2.45) is 11.8 Å². The predicted molar refractivity (Wildman–Crippen MR) is 40.8 cm³/mol. The molecule has 1 saturated carbocycles. The fourth-order valence-electron chi connectivity index (χ4n) is 1.04. The quantitative estimate of drug-likeness (QED) is 0.667. The maximum absolute atomic E-state index is 12.3. The largest absolute Gasteiger partial charge is 0.316 e. The fraction of sp³-hybridized carbons (Fsp3) is 1.00. The zero-order valence-electron chi connectivity index (χ0n) is 7.03. The molecule has 1 fully saturated rings. The molecule has 3 heteroatoms. The number of halogens is 2. The van der Waals surface area contributed by atoms with Gasteiger partial charge in [-0.1, -0.05) is 13.8 Å². The first kappa shape index (κ1) is 8.91. The van der Waals surface area contributed by atoms with Crippen molar-refractivity contribution < 1.29 is 8.78 Å². The lowest BCUT2D eigenvalue weighted by Crippen LogP contribution is -2.23. The van der Waals surface area contributed by atoms with Crippen LogP contribution in [-0.2, 0) is 0 Å². The predicted octanol–water partition coefficient (Wildman–Crippen LogP) is 1.89. The van der Waals surface area contributed by atoms with Gasteiger partial charge in [-0.15, -0.1) is 0 Å². The Hall–Kier alpha value is -0.180. The number of alkyl halides is 2. The number of hydrogen-bond donors (Lipinski definition) is 1. The summed E-state index contributed by atoms with van der Waals surface area (Å²) in [6, 6.07) is 0. The third-order valence-corrected chi connectivity index (χ3v) is 1.90. The molecule has 1 rings (SSSR count). The highest BCUT2D eigenvalue weighted by molar-refractivity contribution is 4.95. The van der Waals surface area contributed by atoms with Gasteiger partial charge < -0.3 is 5.32 Å². The summed E-state index contributed by atoms with van der Waals surface area (Å²) >= 11 is 0. The highest BCUT2D eigenvalue weighted by Crippen LogP contribution is 2.47. The van der Waals surface area contributed by atoms with E-state index in [4.69, 9.17) is 0 Å². The molecule has 1 nitrogen and oxygen atoms in total. The van der Waals surface area contributed by atoms with Crippen LogP contribution in [0.2, 0.25) is 0 Å². The van der Waals surface area contributed by atoms with E-state index >= 15 is 0 Å². The zero-order chi connectivity index (χ0) is 8.48. The van der Waals surface area contributed by atoms with Crippen LogP contribution in [0.25, 0.3) is 0 Å². The molecule has 0 heterocycles. The standard InChI is InChI=1S/C8H15F2N/c1-6(2)4-11-5-7-3-8(7,9)10/h6-7,11H,3-5H2,1-2H3. The molecular formula is C8H15F2N. The molecule has 0 amide bonds. The molecule has 1 aliphatic carbocycles. The fourth-order valence-corrected chi connectivity index (χ4v) is 1.04. The van der Waals surface area contributed by atoms with Crippen molar-refractivity contribution in [2.75, 3.05) is 13.1 Å². The first-order chi connectivity index (χ1) is 5.02. The van der Waals surface area contributed by atoms with Gasteiger partial charge in [0, 0.05) is 18.9 Å². The van der Waals surface area contributed by atoms with Crippen LogP contribution < -0.4 is 5.32 Å². The molecule has 0 aromatic rings. The molecule has 0 aliphatic heterocycles. The van der Waals surface area contributed by atoms with Gasteiger partial charge in [-0.05, 0) is 12.5 Å². The van der Waals surface area contributed by atoms with Gasteiger partial charge in [0.2, 0.25) is 0 Å². The highest BCUT2D eigenvalue weighted by Gasteiger charge is 2.56. The van der Waals surface area contributed by atoms with Crippen molar-refractivity contribution in [2.45, 2.75) is 26.2 Å². The molecule has 1 atom stereocenters. The smallest absolute Gasteiger partial charge is 0.252 e. The first-order valence-electron chi connectivity index (χ1n) is 4.11. The molecule has 0 saturated heterocycles. The topological polar surface area (TPSA) is 12.0 Å². The third-order valence-electron chi connectivity index (χ3n) is 1.90. The van der Waals surface area contributed by atoms with Crippen LogP contribution in [0.3, 0.4) is 0 Å². The van der Waals surface area contributed by atoms with Crippen molar-refractivity contribution in [3.8, 4) is 0 Å². The van der Waals surface area contributed by atoms with Crippen LogP contribution >= 0.6 is 0 Å². The second-order valence-electron chi connectivity index (χ2n) is 3.71. The lowest BCUT2D eigenvalue weighted by molar-refractivity contribution is 0.0985. The Labute approximate surface area is 66.2 Å². The average Bonchev–Trinajstić information content (AvgIpc) is 2.39. The Morgan fingerprint density at radius 2 is 2.09 bits per heavy atom. The summed E-state index contributed by atoms with van der Waals surface area (Å²) in [5, 5.41) is 3.02. The van der Waals surface area contributed by atoms with E-state index in [1.807, 2.05) is 0 Å². The summed E-state index contributed by atoms with van der Waals surface area (Å²) in [5.74, 6) is -2.20. The van der Waals surface area contributed by atoms with Gasteiger partial charge in [0.1, 0.15) is 0 Å². The minimum Gasteiger partial charge on any atom is -0.316 e. The van der Waals surface area contributed by atoms with Crippen molar-refractivity contribution in [3.05, 3.63) is 0 Å². The van der Waals surface area contributed by atoms with E-state index in [1.165, 1.54) is 0 Å². The molecule has 0 aromatic heterocycles. The zero-order valence-corrected chi connectivity index (χ0v) is 7.03. The molecule has 0 aromatic carbocycles. The Balaban J connectivity index is 1.98. The SMILES string of the molecule is CC(C)CNCC1CC1(F)F. The Morgan fingerprint density at radius 3 is 2.45 bits per heavy atom. The second-order valence-corrected chi connectivity index (χ2v) is 3.71. The molecule has 11 heavy (non-hydrogen) atoms. The number of hydrogen-bond acceptors (Lipinski definition) is 1. The minimum absolute atomic E-state index is 0.0814. The Bertz CT molecular complexity index is 134. The van der Waals surface area contributed by atoms with Crippen molar-refractivity contribution in [1.82, 2.24) is 5.32 Å². The molecule has 66 valence electrons. The Kier molecular flexibility index (Phi) is 2.47. The van der Waals surface area contributed by atoms with Gasteiger partial charge >= 0.3 is 0 Å². The molecule has 1 aliphatic rings. The van der Waals surface area contributed by atoms with Gasteiger partial charge in [-0.3, -0.25) is 0 Å². The van der Waals surface area contributed by atoms with Crippen LogP contribution in [0.15, 0.2) is 0 Å². The van der Waals surface area contributed by atoms with E-state index in [1.54, 1.807) is 0 Å². The molecule has 0 spiro atoms.